The molecule has 1 heterocycles. The average Bonchev–Trinajstić information content (AvgIpc) is 2.16. The highest BCUT2D eigenvalue weighted by Crippen LogP contribution is 2.20. The van der Waals surface area contributed by atoms with E-state index < -0.39 is 5.60 Å². The second-order valence-electron chi connectivity index (χ2n) is 2.40. The Bertz CT molecular complexity index is 105. The number of carbonyl (C=O) groups excluding carboxylic acids is 1. The Hall–Kier alpha value is -0.410. The first-order valence-electron chi connectivity index (χ1n) is 3.01. The fraction of sp³-hybridized carbons (Fsp3) is 0.833. The zero-order chi connectivity index (χ0) is 6.74. The molecule has 52 valence electrons. The van der Waals surface area contributed by atoms with Crippen LogP contribution in [0.2, 0.25) is 0 Å². The fourth-order valence-electron chi connectivity index (χ4n) is 0.913. The van der Waals surface area contributed by atoms with Crippen molar-refractivity contribution in [1.82, 2.24) is 0 Å². The van der Waals surface area contributed by atoms with E-state index in [1.54, 1.807) is 0 Å². The predicted molar refractivity (Wildman–Crippen MR) is 31.1 cm³/mol. The molecule has 0 aromatic carbocycles. The zero-order valence-electron chi connectivity index (χ0n) is 5.17. The quantitative estimate of drug-likeness (QED) is 0.523. The number of hydrogen-bond donors (Lipinski definition) is 1. The molecule has 0 radical (unpaired) electrons. The first-order chi connectivity index (χ1) is 4.27. The minimum atomic E-state index is -0.845. The molecule has 0 amide bonds. The normalized spacial score (nSPS) is 34.8. The monoisotopic (exact) mass is 130 g/mol. The van der Waals surface area contributed by atoms with Crippen molar-refractivity contribution in [3.05, 3.63) is 0 Å². The summed E-state index contributed by atoms with van der Waals surface area (Å²) in [6.45, 7) is 0.885. The van der Waals surface area contributed by atoms with Crippen molar-refractivity contribution >= 4 is 6.29 Å². The maximum absolute atomic E-state index is 9.95. The summed E-state index contributed by atoms with van der Waals surface area (Å²) in [7, 11) is 0. The van der Waals surface area contributed by atoms with Crippen LogP contribution < -0.4 is 0 Å². The van der Waals surface area contributed by atoms with Gasteiger partial charge in [-0.2, -0.15) is 0 Å². The van der Waals surface area contributed by atoms with Crippen LogP contribution in [0.3, 0.4) is 0 Å². The Morgan fingerprint density at radius 1 is 1.78 bits per heavy atom. The van der Waals surface area contributed by atoms with Crippen LogP contribution in [0.5, 0.6) is 0 Å². The van der Waals surface area contributed by atoms with E-state index >= 15 is 0 Å². The molecule has 1 aliphatic heterocycles. The molecule has 1 saturated heterocycles. The third-order valence-corrected chi connectivity index (χ3v) is 1.55. The van der Waals surface area contributed by atoms with Gasteiger partial charge in [0, 0.05) is 19.4 Å². The molecule has 3 heteroatoms. The van der Waals surface area contributed by atoms with Gasteiger partial charge in [0.05, 0.1) is 12.2 Å². The smallest absolute Gasteiger partial charge is 0.122 e. The lowest BCUT2D eigenvalue weighted by atomic mass is 10.0. The van der Waals surface area contributed by atoms with E-state index in [4.69, 9.17) is 4.74 Å². The summed E-state index contributed by atoms with van der Waals surface area (Å²) in [6.07, 6.45) is 1.52. The van der Waals surface area contributed by atoms with Gasteiger partial charge in [0.2, 0.25) is 0 Å². The van der Waals surface area contributed by atoms with Crippen LogP contribution in [0.25, 0.3) is 0 Å². The molecule has 1 atom stereocenters. The zero-order valence-corrected chi connectivity index (χ0v) is 5.17. The van der Waals surface area contributed by atoms with Gasteiger partial charge in [-0.1, -0.05) is 0 Å². The van der Waals surface area contributed by atoms with Gasteiger partial charge in [0.1, 0.15) is 6.29 Å². The first kappa shape index (κ1) is 6.71. The van der Waals surface area contributed by atoms with Gasteiger partial charge in [-0.15, -0.1) is 0 Å². The number of aliphatic hydroxyl groups is 1. The van der Waals surface area contributed by atoms with Gasteiger partial charge in [-0.05, 0) is 0 Å². The number of carbonyl (C=O) groups is 1. The lowest BCUT2D eigenvalue weighted by Gasteiger charge is -2.15. The third kappa shape index (κ3) is 1.50. The van der Waals surface area contributed by atoms with Crippen molar-refractivity contribution in [2.24, 2.45) is 0 Å². The topological polar surface area (TPSA) is 46.5 Å². The van der Waals surface area contributed by atoms with Gasteiger partial charge in [-0.25, -0.2) is 0 Å². The molecule has 0 aromatic rings. The second kappa shape index (κ2) is 2.45. The van der Waals surface area contributed by atoms with Gasteiger partial charge in [0.15, 0.2) is 0 Å². The molecule has 3 nitrogen and oxygen atoms in total. The van der Waals surface area contributed by atoms with Crippen molar-refractivity contribution in [3.63, 3.8) is 0 Å². The van der Waals surface area contributed by atoms with Crippen LogP contribution in [-0.2, 0) is 9.53 Å². The van der Waals surface area contributed by atoms with Crippen LogP contribution in [0, 0.1) is 0 Å². The molecule has 0 bridgehead atoms. The molecule has 1 N–H and O–H groups in total. The summed E-state index contributed by atoms with van der Waals surface area (Å²) in [5, 5.41) is 9.34. The van der Waals surface area contributed by atoms with E-state index in [0.29, 0.717) is 19.6 Å². The highest BCUT2D eigenvalue weighted by atomic mass is 16.5. The average molecular weight is 130 g/mol. The Kier molecular flexibility index (Phi) is 1.83. The summed E-state index contributed by atoms with van der Waals surface area (Å²) in [6, 6.07) is 0. The maximum Gasteiger partial charge on any atom is 0.122 e. The number of aldehydes is 1. The number of hydrogen-bond acceptors (Lipinski definition) is 3. The minimum absolute atomic E-state index is 0.201. The van der Waals surface area contributed by atoms with Crippen LogP contribution in [-0.4, -0.2) is 30.2 Å². The minimum Gasteiger partial charge on any atom is -0.387 e. The van der Waals surface area contributed by atoms with Crippen LogP contribution in [0.4, 0.5) is 0 Å². The molecule has 0 aromatic heterocycles. The third-order valence-electron chi connectivity index (χ3n) is 1.55. The van der Waals surface area contributed by atoms with Crippen molar-refractivity contribution in [2.75, 3.05) is 13.2 Å². The molecule has 0 saturated carbocycles. The summed E-state index contributed by atoms with van der Waals surface area (Å²) < 4.78 is 4.90. The van der Waals surface area contributed by atoms with Crippen molar-refractivity contribution in [3.8, 4) is 0 Å². The SMILES string of the molecule is O=CCC1(O)CCOC1. The Morgan fingerprint density at radius 2 is 2.56 bits per heavy atom. The van der Waals surface area contributed by atoms with Crippen LogP contribution in [0.1, 0.15) is 12.8 Å². The largest absolute Gasteiger partial charge is 0.387 e. The Labute approximate surface area is 53.6 Å². The summed E-state index contributed by atoms with van der Waals surface area (Å²) in [5.74, 6) is 0. The molecule has 1 rings (SSSR count). The summed E-state index contributed by atoms with van der Waals surface area (Å²) >= 11 is 0. The van der Waals surface area contributed by atoms with Crippen molar-refractivity contribution in [2.45, 2.75) is 18.4 Å². The van der Waals surface area contributed by atoms with Gasteiger partial charge in [0.25, 0.3) is 0 Å². The van der Waals surface area contributed by atoms with E-state index in [0.717, 1.165) is 6.29 Å². The van der Waals surface area contributed by atoms with E-state index in [1.807, 2.05) is 0 Å². The Morgan fingerprint density at radius 3 is 3.00 bits per heavy atom. The molecule has 1 aliphatic rings. The maximum atomic E-state index is 9.95. The first-order valence-corrected chi connectivity index (χ1v) is 3.01. The van der Waals surface area contributed by atoms with E-state index in [1.165, 1.54) is 0 Å². The van der Waals surface area contributed by atoms with E-state index in [9.17, 15) is 9.90 Å². The molecule has 9 heavy (non-hydrogen) atoms. The molecular weight excluding hydrogens is 120 g/mol. The summed E-state index contributed by atoms with van der Waals surface area (Å²) in [5.41, 5.74) is -0.845. The van der Waals surface area contributed by atoms with Gasteiger partial charge >= 0.3 is 0 Å². The van der Waals surface area contributed by atoms with Crippen molar-refractivity contribution < 1.29 is 14.6 Å². The van der Waals surface area contributed by atoms with Crippen LogP contribution >= 0.6 is 0 Å². The highest BCUT2D eigenvalue weighted by molar-refractivity contribution is 5.51. The van der Waals surface area contributed by atoms with E-state index in [-0.39, 0.29) is 6.42 Å². The molecule has 0 aliphatic carbocycles. The van der Waals surface area contributed by atoms with E-state index in [2.05, 4.69) is 0 Å². The standard InChI is InChI=1S/C6H10O3/c7-3-1-6(8)2-4-9-5-6/h3,8H,1-2,4-5H2. The van der Waals surface area contributed by atoms with Gasteiger partial charge in [-0.3, -0.25) is 0 Å². The molecule has 1 fully saturated rings. The highest BCUT2D eigenvalue weighted by Gasteiger charge is 2.31. The number of rotatable bonds is 2. The lowest BCUT2D eigenvalue weighted by Crippen LogP contribution is -2.28. The molecular formula is C6H10O3. The molecule has 0 spiro atoms. The number of ether oxygens (including phenoxy) is 1. The fourth-order valence-corrected chi connectivity index (χ4v) is 0.913. The second-order valence-corrected chi connectivity index (χ2v) is 2.40. The lowest BCUT2D eigenvalue weighted by molar-refractivity contribution is -0.112. The van der Waals surface area contributed by atoms with Crippen molar-refractivity contribution in [1.29, 1.82) is 0 Å². The summed E-state index contributed by atoms with van der Waals surface area (Å²) in [4.78, 5) is 9.95. The van der Waals surface area contributed by atoms with Crippen LogP contribution in [0.15, 0.2) is 0 Å². The molecule has 1 unspecified atom stereocenters. The Balaban J connectivity index is 2.40. The van der Waals surface area contributed by atoms with Gasteiger partial charge < -0.3 is 14.6 Å². The predicted octanol–water partition coefficient (Wildman–Crippen LogP) is -0.273.